The second-order valence-corrected chi connectivity index (χ2v) is 3.82. The van der Waals surface area contributed by atoms with E-state index in [-0.39, 0.29) is 15.7 Å². The van der Waals surface area contributed by atoms with Crippen LogP contribution in [0.1, 0.15) is 10.4 Å². The van der Waals surface area contributed by atoms with E-state index in [1.807, 2.05) is 0 Å². The van der Waals surface area contributed by atoms with Gasteiger partial charge in [0.15, 0.2) is 0 Å². The topological polar surface area (TPSA) is 49.3 Å². The molecule has 2 N–H and O–H groups in total. The van der Waals surface area contributed by atoms with Gasteiger partial charge in [-0.1, -0.05) is 0 Å². The van der Waals surface area contributed by atoms with E-state index in [4.69, 9.17) is 5.11 Å². The number of benzene rings is 1. The number of hydrogen-bond donors (Lipinski definition) is 2. The van der Waals surface area contributed by atoms with Gasteiger partial charge < -0.3 is 10.4 Å². The maximum absolute atomic E-state index is 11.9. The first-order valence-corrected chi connectivity index (χ1v) is 4.92. The first kappa shape index (κ1) is 12.8. The van der Waals surface area contributed by atoms with Crippen LogP contribution < -0.4 is 5.32 Å². The molecule has 0 aliphatic heterocycles. The van der Waals surface area contributed by atoms with Crippen molar-refractivity contribution in [2.45, 2.75) is 6.18 Å². The molecule has 0 fully saturated rings. The van der Waals surface area contributed by atoms with Gasteiger partial charge in [-0.3, -0.25) is 0 Å². The van der Waals surface area contributed by atoms with Gasteiger partial charge >= 0.3 is 12.1 Å². The number of halogens is 4. The molecule has 1 aromatic carbocycles. The van der Waals surface area contributed by atoms with E-state index in [0.29, 0.717) is 0 Å². The van der Waals surface area contributed by atoms with E-state index in [9.17, 15) is 18.0 Å². The van der Waals surface area contributed by atoms with Crippen molar-refractivity contribution in [3.63, 3.8) is 0 Å². The second-order valence-electron chi connectivity index (χ2n) is 2.97. The quantitative estimate of drug-likeness (QED) is 0.901. The summed E-state index contributed by atoms with van der Waals surface area (Å²) >= 11 is 2.99. The van der Waals surface area contributed by atoms with Crippen LogP contribution in [0.5, 0.6) is 0 Å². The molecule has 3 nitrogen and oxygen atoms in total. The number of carboxylic acids is 1. The summed E-state index contributed by atoms with van der Waals surface area (Å²) in [6, 6.07) is 3.74. The van der Waals surface area contributed by atoms with Gasteiger partial charge in [-0.15, -0.1) is 0 Å². The van der Waals surface area contributed by atoms with E-state index >= 15 is 0 Å². The molecule has 0 unspecified atom stereocenters. The van der Waals surface area contributed by atoms with Gasteiger partial charge in [-0.2, -0.15) is 13.2 Å². The summed E-state index contributed by atoms with van der Waals surface area (Å²) < 4.78 is 36.0. The number of anilines is 1. The fourth-order valence-electron chi connectivity index (χ4n) is 0.987. The minimum Gasteiger partial charge on any atom is -0.478 e. The molecule has 0 saturated heterocycles. The van der Waals surface area contributed by atoms with Crippen LogP contribution in [0, 0.1) is 0 Å². The number of alkyl halides is 3. The maximum Gasteiger partial charge on any atom is 0.405 e. The first-order chi connectivity index (χ1) is 7.29. The zero-order chi connectivity index (χ0) is 12.3. The highest BCUT2D eigenvalue weighted by Gasteiger charge is 2.26. The average molecular weight is 298 g/mol. The normalized spacial score (nSPS) is 11.2. The van der Waals surface area contributed by atoms with Crippen molar-refractivity contribution in [1.82, 2.24) is 0 Å². The molecular formula is C9H7BrF3NO2. The molecule has 0 aromatic heterocycles. The summed E-state index contributed by atoms with van der Waals surface area (Å²) in [5.74, 6) is -1.14. The van der Waals surface area contributed by atoms with Crippen LogP contribution in [-0.2, 0) is 0 Å². The molecule has 1 rings (SSSR count). The predicted octanol–water partition coefficient (Wildman–Crippen LogP) is 3.12. The fourth-order valence-corrected chi connectivity index (χ4v) is 1.51. The number of nitrogens with one attached hydrogen (secondary N) is 1. The number of rotatable bonds is 3. The Bertz CT molecular complexity index is 406. The summed E-state index contributed by atoms with van der Waals surface area (Å²) in [6.45, 7) is -1.17. The zero-order valence-electron chi connectivity index (χ0n) is 7.81. The van der Waals surface area contributed by atoms with Crippen molar-refractivity contribution >= 4 is 27.6 Å². The Hall–Kier alpha value is -1.24. The molecule has 1 aromatic rings. The van der Waals surface area contributed by atoms with E-state index in [1.165, 1.54) is 18.2 Å². The highest BCUT2D eigenvalue weighted by Crippen LogP contribution is 2.25. The smallest absolute Gasteiger partial charge is 0.405 e. The molecule has 0 spiro atoms. The third-order valence-electron chi connectivity index (χ3n) is 1.70. The van der Waals surface area contributed by atoms with E-state index in [2.05, 4.69) is 21.2 Å². The number of aromatic carboxylic acids is 1. The molecule has 0 radical (unpaired) electrons. The molecule has 16 heavy (non-hydrogen) atoms. The van der Waals surface area contributed by atoms with Crippen molar-refractivity contribution in [2.75, 3.05) is 11.9 Å². The van der Waals surface area contributed by atoms with E-state index < -0.39 is 18.7 Å². The standard InChI is InChI=1S/C9H7BrF3NO2/c10-6-3-5(8(15)16)1-2-7(6)14-4-9(11,12)13/h1-3,14H,4H2,(H,15,16). The minimum absolute atomic E-state index is 0.00411. The summed E-state index contributed by atoms with van der Waals surface area (Å²) in [4.78, 5) is 10.6. The Morgan fingerprint density at radius 3 is 2.50 bits per heavy atom. The van der Waals surface area contributed by atoms with Crippen molar-refractivity contribution in [3.05, 3.63) is 28.2 Å². The maximum atomic E-state index is 11.9. The van der Waals surface area contributed by atoms with Crippen LogP contribution in [0.15, 0.2) is 22.7 Å². The van der Waals surface area contributed by atoms with Crippen LogP contribution in [0.2, 0.25) is 0 Å². The molecular weight excluding hydrogens is 291 g/mol. The van der Waals surface area contributed by atoms with Crippen LogP contribution in [-0.4, -0.2) is 23.8 Å². The van der Waals surface area contributed by atoms with Crippen LogP contribution in [0.4, 0.5) is 18.9 Å². The number of hydrogen-bond acceptors (Lipinski definition) is 2. The predicted molar refractivity (Wildman–Crippen MR) is 55.6 cm³/mol. The van der Waals surface area contributed by atoms with Crippen molar-refractivity contribution in [2.24, 2.45) is 0 Å². The van der Waals surface area contributed by atoms with Gasteiger partial charge in [-0.05, 0) is 34.1 Å². The molecule has 88 valence electrons. The van der Waals surface area contributed by atoms with E-state index in [1.54, 1.807) is 0 Å². The molecule has 0 heterocycles. The lowest BCUT2D eigenvalue weighted by molar-refractivity contribution is -0.115. The van der Waals surface area contributed by atoms with Crippen molar-refractivity contribution < 1.29 is 23.1 Å². The van der Waals surface area contributed by atoms with Gasteiger partial charge in [0.25, 0.3) is 0 Å². The lowest BCUT2D eigenvalue weighted by atomic mass is 10.2. The number of carbonyl (C=O) groups is 1. The Labute approximate surface area is 97.4 Å². The Morgan fingerprint density at radius 2 is 2.06 bits per heavy atom. The zero-order valence-corrected chi connectivity index (χ0v) is 9.39. The lowest BCUT2D eigenvalue weighted by Crippen LogP contribution is -2.21. The van der Waals surface area contributed by atoms with Crippen molar-refractivity contribution in [3.8, 4) is 0 Å². The van der Waals surface area contributed by atoms with Gasteiger partial charge in [0.1, 0.15) is 6.54 Å². The Balaban J connectivity index is 2.80. The minimum atomic E-state index is -4.31. The first-order valence-electron chi connectivity index (χ1n) is 4.13. The molecule has 0 amide bonds. The molecule has 0 atom stereocenters. The Kier molecular flexibility index (Phi) is 3.79. The SMILES string of the molecule is O=C(O)c1ccc(NCC(F)(F)F)c(Br)c1. The third-order valence-corrected chi connectivity index (χ3v) is 2.35. The largest absolute Gasteiger partial charge is 0.478 e. The fraction of sp³-hybridized carbons (Fsp3) is 0.222. The highest BCUT2D eigenvalue weighted by atomic mass is 79.9. The second kappa shape index (κ2) is 4.73. The monoisotopic (exact) mass is 297 g/mol. The van der Waals surface area contributed by atoms with Crippen LogP contribution in [0.25, 0.3) is 0 Å². The highest BCUT2D eigenvalue weighted by molar-refractivity contribution is 9.10. The molecule has 0 saturated carbocycles. The average Bonchev–Trinajstić information content (AvgIpc) is 2.14. The van der Waals surface area contributed by atoms with Crippen molar-refractivity contribution in [1.29, 1.82) is 0 Å². The van der Waals surface area contributed by atoms with Crippen LogP contribution in [0.3, 0.4) is 0 Å². The van der Waals surface area contributed by atoms with Gasteiger partial charge in [0.05, 0.1) is 5.56 Å². The molecule has 0 bridgehead atoms. The summed E-state index contributed by atoms with van der Waals surface area (Å²) in [5, 5.41) is 10.8. The van der Waals surface area contributed by atoms with E-state index in [0.717, 1.165) is 0 Å². The molecule has 7 heteroatoms. The third kappa shape index (κ3) is 3.73. The van der Waals surface area contributed by atoms with Gasteiger partial charge in [-0.25, -0.2) is 4.79 Å². The Morgan fingerprint density at radius 1 is 1.44 bits per heavy atom. The summed E-state index contributed by atoms with van der Waals surface area (Å²) in [6.07, 6.45) is -4.31. The summed E-state index contributed by atoms with van der Waals surface area (Å²) in [7, 11) is 0. The van der Waals surface area contributed by atoms with Crippen LogP contribution >= 0.6 is 15.9 Å². The molecule has 0 aliphatic carbocycles. The summed E-state index contributed by atoms with van der Waals surface area (Å²) in [5.41, 5.74) is 0.201. The van der Waals surface area contributed by atoms with Gasteiger partial charge in [0.2, 0.25) is 0 Å². The molecule has 0 aliphatic rings. The lowest BCUT2D eigenvalue weighted by Gasteiger charge is -2.11. The van der Waals surface area contributed by atoms with Gasteiger partial charge in [0, 0.05) is 10.2 Å². The number of carboxylic acid groups (broad SMARTS) is 1.